The van der Waals surface area contributed by atoms with Gasteiger partial charge in [0.25, 0.3) is 5.91 Å². The van der Waals surface area contributed by atoms with Gasteiger partial charge in [0.2, 0.25) is 5.91 Å². The number of halogens is 2. The molecular weight excluding hydrogens is 423 g/mol. The Kier molecular flexibility index (Phi) is 6.92. The number of carbonyl (C=O) groups excluding carboxylic acids is 2. The molecule has 2 aromatic carbocycles. The molecule has 0 fully saturated rings. The molecule has 0 aliphatic heterocycles. The molecule has 1 aromatic heterocycles. The van der Waals surface area contributed by atoms with Crippen molar-refractivity contribution in [1.29, 1.82) is 0 Å². The monoisotopic (exact) mass is 442 g/mol. The summed E-state index contributed by atoms with van der Waals surface area (Å²) in [6.07, 6.45) is 1.46. The zero-order chi connectivity index (χ0) is 21.7. The molecule has 154 valence electrons. The van der Waals surface area contributed by atoms with E-state index >= 15 is 0 Å². The lowest BCUT2D eigenvalue weighted by atomic mass is 10.1. The fraction of sp³-hybridized carbons (Fsp3) is 0.136. The third kappa shape index (κ3) is 5.49. The van der Waals surface area contributed by atoms with Gasteiger partial charge in [0, 0.05) is 43.1 Å². The maximum Gasteiger partial charge on any atom is 0.258 e. The Balaban J connectivity index is 1.72. The quantitative estimate of drug-likeness (QED) is 0.547. The standard InChI is InChI=1S/C22H20Cl2N4O2/c1-14(29)28(2)18-7-3-15(4-8-18)12-25-20-9-5-16(23)11-19(20)22(30)27-21-10-6-17(24)13-26-21/h3-11,13,25H,12H2,1-2H3,(H,26,27,30). The van der Waals surface area contributed by atoms with Gasteiger partial charge in [-0.25, -0.2) is 4.98 Å². The number of nitrogens with one attached hydrogen (secondary N) is 2. The summed E-state index contributed by atoms with van der Waals surface area (Å²) in [5, 5.41) is 6.93. The summed E-state index contributed by atoms with van der Waals surface area (Å²) in [5.74, 6) is 0.0154. The lowest BCUT2D eigenvalue weighted by Gasteiger charge is -2.16. The first-order valence-electron chi connectivity index (χ1n) is 9.13. The molecule has 3 aromatic rings. The van der Waals surface area contributed by atoms with E-state index in [2.05, 4.69) is 15.6 Å². The Morgan fingerprint density at radius 1 is 1.00 bits per heavy atom. The average Bonchev–Trinajstić information content (AvgIpc) is 2.74. The molecule has 0 aliphatic carbocycles. The summed E-state index contributed by atoms with van der Waals surface area (Å²) in [6, 6.07) is 15.9. The molecular formula is C22H20Cl2N4O2. The zero-order valence-electron chi connectivity index (χ0n) is 16.4. The first-order chi connectivity index (χ1) is 14.3. The summed E-state index contributed by atoms with van der Waals surface area (Å²) < 4.78 is 0. The predicted octanol–water partition coefficient (Wildman–Crippen LogP) is 5.24. The average molecular weight is 443 g/mol. The largest absolute Gasteiger partial charge is 0.380 e. The smallest absolute Gasteiger partial charge is 0.258 e. The van der Waals surface area contributed by atoms with Crippen LogP contribution in [0.2, 0.25) is 10.0 Å². The lowest BCUT2D eigenvalue weighted by molar-refractivity contribution is -0.116. The molecule has 0 atom stereocenters. The van der Waals surface area contributed by atoms with Gasteiger partial charge in [0.15, 0.2) is 0 Å². The molecule has 0 aliphatic rings. The number of nitrogens with zero attached hydrogens (tertiary/aromatic N) is 2. The number of rotatable bonds is 6. The molecule has 1 heterocycles. The number of benzene rings is 2. The molecule has 0 saturated heterocycles. The molecule has 0 unspecified atom stereocenters. The van der Waals surface area contributed by atoms with E-state index in [0.717, 1.165) is 11.3 Å². The van der Waals surface area contributed by atoms with Crippen LogP contribution in [0.15, 0.2) is 60.8 Å². The fourth-order valence-corrected chi connectivity index (χ4v) is 2.99. The summed E-state index contributed by atoms with van der Waals surface area (Å²) in [5.41, 5.74) is 2.84. The van der Waals surface area contributed by atoms with Crippen LogP contribution in [0.25, 0.3) is 0 Å². The van der Waals surface area contributed by atoms with Crippen LogP contribution in [-0.4, -0.2) is 23.8 Å². The van der Waals surface area contributed by atoms with E-state index in [1.165, 1.54) is 13.1 Å². The second kappa shape index (κ2) is 9.61. The van der Waals surface area contributed by atoms with Crippen LogP contribution in [0.5, 0.6) is 0 Å². The summed E-state index contributed by atoms with van der Waals surface area (Å²) in [6.45, 7) is 2.01. The Morgan fingerprint density at radius 3 is 2.33 bits per heavy atom. The molecule has 2 amide bonds. The van der Waals surface area contributed by atoms with Crippen LogP contribution < -0.4 is 15.5 Å². The number of anilines is 3. The second-order valence-electron chi connectivity index (χ2n) is 6.60. The van der Waals surface area contributed by atoms with Crippen molar-refractivity contribution in [1.82, 2.24) is 4.98 Å². The van der Waals surface area contributed by atoms with Gasteiger partial charge in [-0.05, 0) is 48.0 Å². The molecule has 2 N–H and O–H groups in total. The van der Waals surface area contributed by atoms with Crippen LogP contribution >= 0.6 is 23.2 Å². The molecule has 0 saturated carbocycles. The second-order valence-corrected chi connectivity index (χ2v) is 7.48. The summed E-state index contributed by atoms with van der Waals surface area (Å²) in [4.78, 5) is 29.9. The SMILES string of the molecule is CC(=O)N(C)c1ccc(CNc2ccc(Cl)cc2C(=O)Nc2ccc(Cl)cn2)cc1. The lowest BCUT2D eigenvalue weighted by Crippen LogP contribution is -2.22. The van der Waals surface area contributed by atoms with E-state index in [9.17, 15) is 9.59 Å². The van der Waals surface area contributed by atoms with Gasteiger partial charge in [0.05, 0.1) is 10.6 Å². The van der Waals surface area contributed by atoms with Crippen molar-refractivity contribution < 1.29 is 9.59 Å². The number of carbonyl (C=O) groups is 2. The molecule has 30 heavy (non-hydrogen) atoms. The number of amides is 2. The van der Waals surface area contributed by atoms with Crippen LogP contribution in [0.1, 0.15) is 22.8 Å². The number of pyridine rings is 1. The Morgan fingerprint density at radius 2 is 1.70 bits per heavy atom. The van der Waals surface area contributed by atoms with Crippen molar-refractivity contribution in [2.75, 3.05) is 22.6 Å². The van der Waals surface area contributed by atoms with E-state index in [-0.39, 0.29) is 11.8 Å². The minimum Gasteiger partial charge on any atom is -0.380 e. The Bertz CT molecular complexity index is 1050. The van der Waals surface area contributed by atoms with E-state index in [1.54, 1.807) is 42.3 Å². The molecule has 3 rings (SSSR count). The minimum absolute atomic E-state index is 0.0344. The van der Waals surface area contributed by atoms with Crippen molar-refractivity contribution in [2.45, 2.75) is 13.5 Å². The maximum absolute atomic E-state index is 12.7. The molecule has 0 spiro atoms. The highest BCUT2D eigenvalue weighted by atomic mass is 35.5. The fourth-order valence-electron chi connectivity index (χ4n) is 2.71. The van der Waals surface area contributed by atoms with Crippen molar-refractivity contribution in [3.63, 3.8) is 0 Å². The van der Waals surface area contributed by atoms with Crippen molar-refractivity contribution in [3.05, 3.63) is 82.0 Å². The topological polar surface area (TPSA) is 74.3 Å². The molecule has 6 nitrogen and oxygen atoms in total. The van der Waals surface area contributed by atoms with E-state index in [0.29, 0.717) is 33.7 Å². The predicted molar refractivity (Wildman–Crippen MR) is 122 cm³/mol. The maximum atomic E-state index is 12.7. The van der Waals surface area contributed by atoms with E-state index < -0.39 is 0 Å². The number of hydrogen-bond donors (Lipinski definition) is 2. The first kappa shape index (κ1) is 21.6. The van der Waals surface area contributed by atoms with Gasteiger partial charge in [-0.2, -0.15) is 0 Å². The highest BCUT2D eigenvalue weighted by Crippen LogP contribution is 2.23. The third-order valence-corrected chi connectivity index (χ3v) is 4.93. The van der Waals surface area contributed by atoms with Crippen molar-refractivity contribution in [2.24, 2.45) is 0 Å². The van der Waals surface area contributed by atoms with Crippen LogP contribution in [0, 0.1) is 0 Å². The minimum atomic E-state index is -0.340. The van der Waals surface area contributed by atoms with Gasteiger partial charge in [-0.3, -0.25) is 9.59 Å². The third-order valence-electron chi connectivity index (χ3n) is 4.47. The zero-order valence-corrected chi connectivity index (χ0v) is 18.0. The van der Waals surface area contributed by atoms with E-state index in [1.807, 2.05) is 24.3 Å². The number of hydrogen-bond acceptors (Lipinski definition) is 4. The molecule has 8 heteroatoms. The highest BCUT2D eigenvalue weighted by molar-refractivity contribution is 6.31. The highest BCUT2D eigenvalue weighted by Gasteiger charge is 2.13. The van der Waals surface area contributed by atoms with E-state index in [4.69, 9.17) is 23.2 Å². The van der Waals surface area contributed by atoms with Gasteiger partial charge in [0.1, 0.15) is 5.82 Å². The van der Waals surface area contributed by atoms with Gasteiger partial charge < -0.3 is 15.5 Å². The molecule has 0 radical (unpaired) electrons. The van der Waals surface area contributed by atoms with Crippen molar-refractivity contribution in [3.8, 4) is 0 Å². The molecule has 0 bridgehead atoms. The first-order valence-corrected chi connectivity index (χ1v) is 9.88. The number of aromatic nitrogens is 1. The summed E-state index contributed by atoms with van der Waals surface area (Å²) in [7, 11) is 1.73. The van der Waals surface area contributed by atoms with Crippen molar-refractivity contribution >= 4 is 52.2 Å². The van der Waals surface area contributed by atoms with Gasteiger partial charge in [-0.15, -0.1) is 0 Å². The van der Waals surface area contributed by atoms with Crippen LogP contribution in [0.4, 0.5) is 17.2 Å². The van der Waals surface area contributed by atoms with Gasteiger partial charge in [-0.1, -0.05) is 35.3 Å². The van der Waals surface area contributed by atoms with Gasteiger partial charge >= 0.3 is 0 Å². The van der Waals surface area contributed by atoms with Crippen LogP contribution in [0.3, 0.4) is 0 Å². The van der Waals surface area contributed by atoms with Crippen LogP contribution in [-0.2, 0) is 11.3 Å². The summed E-state index contributed by atoms with van der Waals surface area (Å²) >= 11 is 11.9. The normalized spacial score (nSPS) is 10.4. The Labute approximate surface area is 184 Å². The Hall–Kier alpha value is -3.09.